The Labute approximate surface area is 159 Å². The van der Waals surface area contributed by atoms with Crippen LogP contribution in [0.5, 0.6) is 5.75 Å². The molecule has 3 aromatic carbocycles. The molecule has 0 bridgehead atoms. The van der Waals surface area contributed by atoms with Gasteiger partial charge in [0.15, 0.2) is 0 Å². The fraction of sp³-hybridized carbons (Fsp3) is 0.0476. The van der Waals surface area contributed by atoms with Crippen LogP contribution in [0.4, 0.5) is 0 Å². The molecule has 26 heavy (non-hydrogen) atoms. The van der Waals surface area contributed by atoms with Gasteiger partial charge in [-0.05, 0) is 41.5 Å². The Morgan fingerprint density at radius 3 is 2.12 bits per heavy atom. The van der Waals surface area contributed by atoms with Crippen molar-refractivity contribution >= 4 is 27.9 Å². The summed E-state index contributed by atoms with van der Waals surface area (Å²) in [4.78, 5) is 24.3. The molecule has 0 aliphatic carbocycles. The van der Waals surface area contributed by atoms with Crippen molar-refractivity contribution in [3.63, 3.8) is 0 Å². The SMILES string of the molecule is COC(=O)c1cc(Br)ccc1OC(=O)c1ccc(-c2ccccc2)cc1. The minimum atomic E-state index is -0.575. The molecule has 0 radical (unpaired) electrons. The molecule has 0 spiro atoms. The summed E-state index contributed by atoms with van der Waals surface area (Å²) in [5.74, 6) is -0.970. The van der Waals surface area contributed by atoms with Gasteiger partial charge in [0.1, 0.15) is 11.3 Å². The number of ether oxygens (including phenoxy) is 2. The summed E-state index contributed by atoms with van der Waals surface area (Å²) in [7, 11) is 1.27. The summed E-state index contributed by atoms with van der Waals surface area (Å²) >= 11 is 3.29. The topological polar surface area (TPSA) is 52.6 Å². The van der Waals surface area contributed by atoms with Gasteiger partial charge < -0.3 is 9.47 Å². The Hall–Kier alpha value is -2.92. The maximum absolute atomic E-state index is 12.4. The molecule has 3 aromatic rings. The van der Waals surface area contributed by atoms with E-state index in [1.54, 1.807) is 30.3 Å². The normalized spacial score (nSPS) is 10.2. The summed E-state index contributed by atoms with van der Waals surface area (Å²) in [6.45, 7) is 0. The molecule has 0 saturated carbocycles. The summed E-state index contributed by atoms with van der Waals surface area (Å²) < 4.78 is 10.8. The second-order valence-corrected chi connectivity index (χ2v) is 6.38. The Bertz CT molecular complexity index is 934. The number of benzene rings is 3. The average molecular weight is 411 g/mol. The van der Waals surface area contributed by atoms with Crippen molar-refractivity contribution in [3.05, 3.63) is 88.4 Å². The van der Waals surface area contributed by atoms with Crippen molar-refractivity contribution in [1.82, 2.24) is 0 Å². The van der Waals surface area contributed by atoms with Gasteiger partial charge in [-0.25, -0.2) is 9.59 Å². The minimum absolute atomic E-state index is 0.150. The van der Waals surface area contributed by atoms with E-state index in [1.165, 1.54) is 7.11 Å². The Kier molecular flexibility index (Phi) is 5.49. The van der Waals surface area contributed by atoms with Crippen LogP contribution in [-0.4, -0.2) is 19.0 Å². The van der Waals surface area contributed by atoms with Crippen molar-refractivity contribution < 1.29 is 19.1 Å². The van der Waals surface area contributed by atoms with Crippen molar-refractivity contribution in [2.45, 2.75) is 0 Å². The van der Waals surface area contributed by atoms with Crippen LogP contribution < -0.4 is 4.74 Å². The number of halogens is 1. The molecular weight excluding hydrogens is 396 g/mol. The molecule has 0 heterocycles. The van der Waals surface area contributed by atoms with E-state index in [-0.39, 0.29) is 11.3 Å². The van der Waals surface area contributed by atoms with Crippen LogP contribution in [-0.2, 0) is 4.74 Å². The van der Waals surface area contributed by atoms with Gasteiger partial charge in [0.05, 0.1) is 12.7 Å². The Morgan fingerprint density at radius 1 is 0.808 bits per heavy atom. The maximum atomic E-state index is 12.4. The highest BCUT2D eigenvalue weighted by Crippen LogP contribution is 2.25. The lowest BCUT2D eigenvalue weighted by atomic mass is 10.0. The molecule has 0 unspecified atom stereocenters. The molecule has 0 fully saturated rings. The summed E-state index contributed by atoms with van der Waals surface area (Å²) in [5.41, 5.74) is 2.63. The number of methoxy groups -OCH3 is 1. The van der Waals surface area contributed by atoms with Crippen LogP contribution in [0.25, 0.3) is 11.1 Å². The standard InChI is InChI=1S/C21H15BrO4/c1-25-21(24)18-13-17(22)11-12-19(18)26-20(23)16-9-7-15(8-10-16)14-5-3-2-4-6-14/h2-13H,1H3. The lowest BCUT2D eigenvalue weighted by Gasteiger charge is -2.10. The number of hydrogen-bond donors (Lipinski definition) is 0. The molecule has 130 valence electrons. The monoisotopic (exact) mass is 410 g/mol. The largest absolute Gasteiger partial charge is 0.465 e. The van der Waals surface area contributed by atoms with Crippen molar-refractivity contribution in [2.24, 2.45) is 0 Å². The second kappa shape index (κ2) is 7.97. The van der Waals surface area contributed by atoms with Gasteiger partial charge in [-0.3, -0.25) is 0 Å². The highest BCUT2D eigenvalue weighted by molar-refractivity contribution is 9.10. The second-order valence-electron chi connectivity index (χ2n) is 5.46. The van der Waals surface area contributed by atoms with Gasteiger partial charge in [-0.2, -0.15) is 0 Å². The molecule has 3 rings (SSSR count). The zero-order valence-electron chi connectivity index (χ0n) is 13.9. The molecule has 0 aliphatic rings. The van der Waals surface area contributed by atoms with E-state index < -0.39 is 11.9 Å². The highest BCUT2D eigenvalue weighted by atomic mass is 79.9. The van der Waals surface area contributed by atoms with E-state index in [9.17, 15) is 9.59 Å². The van der Waals surface area contributed by atoms with Gasteiger partial charge in [0, 0.05) is 4.47 Å². The third kappa shape index (κ3) is 4.00. The van der Waals surface area contributed by atoms with E-state index in [4.69, 9.17) is 9.47 Å². The summed E-state index contributed by atoms with van der Waals surface area (Å²) in [5, 5.41) is 0. The van der Waals surface area contributed by atoms with Crippen LogP contribution in [0.15, 0.2) is 77.3 Å². The van der Waals surface area contributed by atoms with Gasteiger partial charge >= 0.3 is 11.9 Å². The number of rotatable bonds is 4. The predicted octanol–water partition coefficient (Wildman–Crippen LogP) is 5.12. The van der Waals surface area contributed by atoms with Gasteiger partial charge in [0.2, 0.25) is 0 Å². The smallest absolute Gasteiger partial charge is 0.343 e. The lowest BCUT2D eigenvalue weighted by molar-refractivity contribution is 0.0593. The molecule has 0 atom stereocenters. The van der Waals surface area contributed by atoms with Crippen molar-refractivity contribution in [2.75, 3.05) is 7.11 Å². The first kappa shape index (κ1) is 17.9. The molecular formula is C21H15BrO4. The van der Waals surface area contributed by atoms with Gasteiger partial charge in [0.25, 0.3) is 0 Å². The van der Waals surface area contributed by atoms with Crippen LogP contribution in [0.2, 0.25) is 0 Å². The fourth-order valence-corrected chi connectivity index (χ4v) is 2.81. The van der Waals surface area contributed by atoms with Crippen LogP contribution in [0.1, 0.15) is 20.7 Å². The quantitative estimate of drug-likeness (QED) is 0.442. The van der Waals surface area contributed by atoms with E-state index in [0.29, 0.717) is 10.0 Å². The first-order valence-electron chi connectivity index (χ1n) is 7.84. The molecule has 0 saturated heterocycles. The first-order chi connectivity index (χ1) is 12.6. The van der Waals surface area contributed by atoms with Crippen molar-refractivity contribution in [1.29, 1.82) is 0 Å². The van der Waals surface area contributed by atoms with Crippen LogP contribution >= 0.6 is 15.9 Å². The molecule has 0 N–H and O–H groups in total. The minimum Gasteiger partial charge on any atom is -0.465 e. The first-order valence-corrected chi connectivity index (χ1v) is 8.63. The molecule has 5 heteroatoms. The average Bonchev–Trinajstić information content (AvgIpc) is 2.69. The van der Waals surface area contributed by atoms with E-state index in [1.807, 2.05) is 42.5 Å². The third-order valence-corrected chi connectivity index (χ3v) is 4.27. The lowest BCUT2D eigenvalue weighted by Crippen LogP contribution is -2.12. The predicted molar refractivity (Wildman–Crippen MR) is 102 cm³/mol. The summed E-state index contributed by atoms with van der Waals surface area (Å²) in [6, 6.07) is 21.7. The number of esters is 2. The van der Waals surface area contributed by atoms with E-state index in [2.05, 4.69) is 15.9 Å². The van der Waals surface area contributed by atoms with E-state index in [0.717, 1.165) is 11.1 Å². The Morgan fingerprint density at radius 2 is 1.46 bits per heavy atom. The Balaban J connectivity index is 1.82. The zero-order chi connectivity index (χ0) is 18.5. The third-order valence-electron chi connectivity index (χ3n) is 3.78. The van der Waals surface area contributed by atoms with Gasteiger partial charge in [-0.1, -0.05) is 58.4 Å². The zero-order valence-corrected chi connectivity index (χ0v) is 15.5. The fourth-order valence-electron chi connectivity index (χ4n) is 2.45. The molecule has 0 aromatic heterocycles. The van der Waals surface area contributed by atoms with Crippen LogP contribution in [0, 0.1) is 0 Å². The number of carbonyl (C=O) groups excluding carboxylic acids is 2. The molecule has 0 aliphatic heterocycles. The number of hydrogen-bond acceptors (Lipinski definition) is 4. The van der Waals surface area contributed by atoms with Crippen molar-refractivity contribution in [3.8, 4) is 16.9 Å². The van der Waals surface area contributed by atoms with E-state index >= 15 is 0 Å². The summed E-state index contributed by atoms with van der Waals surface area (Å²) in [6.07, 6.45) is 0. The highest BCUT2D eigenvalue weighted by Gasteiger charge is 2.17. The molecule has 4 nitrogen and oxygen atoms in total. The van der Waals surface area contributed by atoms with Crippen LogP contribution in [0.3, 0.4) is 0 Å². The maximum Gasteiger partial charge on any atom is 0.343 e. The number of carbonyl (C=O) groups is 2. The molecule has 0 amide bonds. The van der Waals surface area contributed by atoms with Gasteiger partial charge in [-0.15, -0.1) is 0 Å².